The standard InChI is InChI=1S/C5H5NO2/c6-3-4-1-2-5(7)8-4/h4H,1-2H2. The molecule has 1 fully saturated rings. The Labute approximate surface area is 46.9 Å². The molecule has 42 valence electrons. The summed E-state index contributed by atoms with van der Waals surface area (Å²) in [5.41, 5.74) is 0. The molecule has 1 saturated heterocycles. The Morgan fingerprint density at radius 1 is 1.88 bits per heavy atom. The van der Waals surface area contributed by atoms with E-state index in [1.54, 1.807) is 0 Å². The van der Waals surface area contributed by atoms with E-state index in [2.05, 4.69) is 4.74 Å². The highest BCUT2D eigenvalue weighted by Gasteiger charge is 2.21. The second-order valence-electron chi connectivity index (χ2n) is 1.65. The lowest BCUT2D eigenvalue weighted by Crippen LogP contribution is -2.01. The molecule has 0 amide bonds. The summed E-state index contributed by atoms with van der Waals surface area (Å²) in [5, 5.41) is 8.16. The minimum atomic E-state index is -0.470. The molecule has 1 unspecified atom stereocenters. The second-order valence-corrected chi connectivity index (χ2v) is 1.65. The van der Waals surface area contributed by atoms with E-state index >= 15 is 0 Å². The summed E-state index contributed by atoms with van der Waals surface area (Å²) in [6.07, 6.45) is 0.496. The topological polar surface area (TPSA) is 50.1 Å². The maximum absolute atomic E-state index is 10.2. The molecular formula is C5H5NO2. The molecule has 1 rings (SSSR count). The van der Waals surface area contributed by atoms with Crippen LogP contribution < -0.4 is 0 Å². The monoisotopic (exact) mass is 111 g/mol. The summed E-state index contributed by atoms with van der Waals surface area (Å²) in [7, 11) is 0. The van der Waals surface area contributed by atoms with Crippen molar-refractivity contribution >= 4 is 5.97 Å². The van der Waals surface area contributed by atoms with Gasteiger partial charge in [-0.3, -0.25) is 4.79 Å². The van der Waals surface area contributed by atoms with Crippen LogP contribution in [0, 0.1) is 11.3 Å². The SMILES string of the molecule is N#CC1CCC(=O)O1. The molecule has 3 nitrogen and oxygen atoms in total. The molecule has 0 radical (unpaired) electrons. The number of nitriles is 1. The van der Waals surface area contributed by atoms with Gasteiger partial charge in [0.2, 0.25) is 0 Å². The van der Waals surface area contributed by atoms with Crippen LogP contribution in [0.3, 0.4) is 0 Å². The highest BCUT2D eigenvalue weighted by molar-refractivity contribution is 5.71. The van der Waals surface area contributed by atoms with Gasteiger partial charge in [0, 0.05) is 6.42 Å². The molecule has 1 aliphatic heterocycles. The number of carbonyl (C=O) groups is 1. The van der Waals surface area contributed by atoms with Gasteiger partial charge in [-0.15, -0.1) is 0 Å². The third kappa shape index (κ3) is 0.784. The van der Waals surface area contributed by atoms with Crippen LogP contribution in [0.5, 0.6) is 0 Å². The molecule has 0 N–H and O–H groups in total. The first-order chi connectivity index (χ1) is 3.83. The van der Waals surface area contributed by atoms with Crippen LogP contribution in [0.25, 0.3) is 0 Å². The van der Waals surface area contributed by atoms with Crippen molar-refractivity contribution in [1.29, 1.82) is 5.26 Å². The molecule has 1 aliphatic rings. The predicted octanol–water partition coefficient (Wildman–Crippen LogP) is 0.216. The molecule has 0 aromatic heterocycles. The number of esters is 1. The average Bonchev–Trinajstić information content (AvgIpc) is 2.14. The first-order valence-corrected chi connectivity index (χ1v) is 2.42. The van der Waals surface area contributed by atoms with E-state index in [4.69, 9.17) is 5.26 Å². The Hall–Kier alpha value is -1.04. The lowest BCUT2D eigenvalue weighted by Gasteiger charge is -1.92. The molecule has 0 spiro atoms. The van der Waals surface area contributed by atoms with Crippen molar-refractivity contribution in [3.05, 3.63) is 0 Å². The lowest BCUT2D eigenvalue weighted by atomic mass is 10.3. The summed E-state index contributed by atoms with van der Waals surface area (Å²) in [6.45, 7) is 0. The van der Waals surface area contributed by atoms with Crippen LogP contribution >= 0.6 is 0 Å². The van der Waals surface area contributed by atoms with Crippen LogP contribution in [0.1, 0.15) is 12.8 Å². The number of rotatable bonds is 0. The molecule has 0 aliphatic carbocycles. The number of hydrogen-bond donors (Lipinski definition) is 0. The highest BCUT2D eigenvalue weighted by Crippen LogP contribution is 2.11. The van der Waals surface area contributed by atoms with Gasteiger partial charge in [-0.2, -0.15) is 5.26 Å². The third-order valence-corrected chi connectivity index (χ3v) is 1.03. The van der Waals surface area contributed by atoms with Crippen molar-refractivity contribution in [2.24, 2.45) is 0 Å². The van der Waals surface area contributed by atoms with E-state index in [0.717, 1.165) is 0 Å². The van der Waals surface area contributed by atoms with Crippen molar-refractivity contribution in [2.45, 2.75) is 18.9 Å². The van der Waals surface area contributed by atoms with Gasteiger partial charge in [0.15, 0.2) is 6.10 Å². The Morgan fingerprint density at radius 3 is 2.88 bits per heavy atom. The number of hydrogen-bond acceptors (Lipinski definition) is 3. The number of cyclic esters (lactones) is 1. The molecule has 1 atom stereocenters. The van der Waals surface area contributed by atoms with Crippen molar-refractivity contribution in [3.8, 4) is 6.07 Å². The Bertz CT molecular complexity index is 147. The zero-order valence-corrected chi connectivity index (χ0v) is 4.26. The average molecular weight is 111 g/mol. The van der Waals surface area contributed by atoms with Gasteiger partial charge in [0.05, 0.1) is 6.42 Å². The van der Waals surface area contributed by atoms with Crippen molar-refractivity contribution in [3.63, 3.8) is 0 Å². The van der Waals surface area contributed by atoms with Crippen LogP contribution in [0.4, 0.5) is 0 Å². The van der Waals surface area contributed by atoms with E-state index in [9.17, 15) is 4.79 Å². The molecular weight excluding hydrogens is 106 g/mol. The van der Waals surface area contributed by atoms with Crippen molar-refractivity contribution in [1.82, 2.24) is 0 Å². The van der Waals surface area contributed by atoms with Crippen molar-refractivity contribution < 1.29 is 9.53 Å². The van der Waals surface area contributed by atoms with Gasteiger partial charge in [0.1, 0.15) is 6.07 Å². The molecule has 0 saturated carbocycles. The van der Waals surface area contributed by atoms with E-state index in [-0.39, 0.29) is 5.97 Å². The first-order valence-electron chi connectivity index (χ1n) is 2.42. The fourth-order valence-electron chi connectivity index (χ4n) is 0.616. The summed E-state index contributed by atoms with van der Waals surface area (Å²) in [5.74, 6) is -0.253. The number of nitrogens with zero attached hydrogens (tertiary/aromatic N) is 1. The Morgan fingerprint density at radius 2 is 2.62 bits per heavy atom. The molecule has 0 aromatic rings. The lowest BCUT2D eigenvalue weighted by molar-refractivity contribution is -0.139. The minimum absolute atomic E-state index is 0.253. The minimum Gasteiger partial charge on any atom is -0.447 e. The smallest absolute Gasteiger partial charge is 0.307 e. The summed E-state index contributed by atoms with van der Waals surface area (Å²) in [4.78, 5) is 10.2. The van der Waals surface area contributed by atoms with Crippen LogP contribution in [0.15, 0.2) is 0 Å². The van der Waals surface area contributed by atoms with E-state index in [1.165, 1.54) is 0 Å². The summed E-state index contributed by atoms with van der Waals surface area (Å²) >= 11 is 0. The number of carbonyl (C=O) groups excluding carboxylic acids is 1. The molecule has 8 heavy (non-hydrogen) atoms. The molecule has 0 bridgehead atoms. The van der Waals surface area contributed by atoms with Gasteiger partial charge in [-0.25, -0.2) is 0 Å². The van der Waals surface area contributed by atoms with Gasteiger partial charge in [-0.05, 0) is 0 Å². The van der Waals surface area contributed by atoms with E-state index < -0.39 is 6.10 Å². The Balaban J connectivity index is 2.47. The maximum atomic E-state index is 10.2. The predicted molar refractivity (Wildman–Crippen MR) is 24.7 cm³/mol. The van der Waals surface area contributed by atoms with Gasteiger partial charge in [0.25, 0.3) is 0 Å². The van der Waals surface area contributed by atoms with Gasteiger partial charge < -0.3 is 4.74 Å². The molecule has 1 heterocycles. The van der Waals surface area contributed by atoms with E-state index in [0.29, 0.717) is 12.8 Å². The fraction of sp³-hybridized carbons (Fsp3) is 0.600. The first kappa shape index (κ1) is 5.10. The third-order valence-electron chi connectivity index (χ3n) is 1.03. The van der Waals surface area contributed by atoms with Crippen LogP contribution in [0.2, 0.25) is 0 Å². The van der Waals surface area contributed by atoms with Crippen LogP contribution in [-0.2, 0) is 9.53 Å². The zero-order chi connectivity index (χ0) is 5.98. The zero-order valence-electron chi connectivity index (χ0n) is 4.26. The Kier molecular flexibility index (Phi) is 1.17. The van der Waals surface area contributed by atoms with Gasteiger partial charge >= 0.3 is 5.97 Å². The summed E-state index contributed by atoms with van der Waals surface area (Å²) < 4.78 is 4.51. The van der Waals surface area contributed by atoms with Crippen LogP contribution in [-0.4, -0.2) is 12.1 Å². The highest BCUT2D eigenvalue weighted by atomic mass is 16.5. The largest absolute Gasteiger partial charge is 0.447 e. The second kappa shape index (κ2) is 1.83. The molecule has 3 heteroatoms. The number of ether oxygens (including phenoxy) is 1. The normalized spacial score (nSPS) is 26.9. The van der Waals surface area contributed by atoms with Gasteiger partial charge in [-0.1, -0.05) is 0 Å². The van der Waals surface area contributed by atoms with E-state index in [1.807, 2.05) is 6.07 Å². The molecule has 0 aromatic carbocycles. The fourth-order valence-corrected chi connectivity index (χ4v) is 0.616. The summed E-state index contributed by atoms with van der Waals surface area (Å²) in [6, 6.07) is 1.85. The quantitative estimate of drug-likeness (QED) is 0.420. The maximum Gasteiger partial charge on any atom is 0.307 e. The van der Waals surface area contributed by atoms with Crippen molar-refractivity contribution in [2.75, 3.05) is 0 Å².